The van der Waals surface area contributed by atoms with E-state index < -0.39 is 0 Å². The molecule has 84 valence electrons. The molecule has 0 unspecified atom stereocenters. The second-order valence-corrected chi connectivity index (χ2v) is 4.93. The Kier molecular flexibility index (Phi) is 2.52. The summed E-state index contributed by atoms with van der Waals surface area (Å²) in [6.07, 6.45) is 8.85. The first-order valence-electron chi connectivity index (χ1n) is 6.03. The third kappa shape index (κ3) is 1.67. The van der Waals surface area contributed by atoms with Crippen LogP contribution in [0.4, 0.5) is 0 Å². The summed E-state index contributed by atoms with van der Waals surface area (Å²) in [7, 11) is 0. The van der Waals surface area contributed by atoms with Gasteiger partial charge in [0.15, 0.2) is 0 Å². The molecule has 3 atom stereocenters. The molecule has 2 heteroatoms. The van der Waals surface area contributed by atoms with Crippen molar-refractivity contribution in [1.29, 1.82) is 0 Å². The Morgan fingerprint density at radius 2 is 2.38 bits per heavy atom. The van der Waals surface area contributed by atoms with Gasteiger partial charge in [-0.3, -0.25) is 4.98 Å². The van der Waals surface area contributed by atoms with Crippen molar-refractivity contribution < 1.29 is 4.74 Å². The number of rotatable bonds is 1. The Hall–Kier alpha value is -1.15. The maximum atomic E-state index is 6.02. The molecule has 0 radical (unpaired) electrons. The van der Waals surface area contributed by atoms with Crippen molar-refractivity contribution in [3.63, 3.8) is 0 Å². The highest BCUT2D eigenvalue weighted by molar-refractivity contribution is 5.21. The van der Waals surface area contributed by atoms with E-state index >= 15 is 0 Å². The molecule has 0 amide bonds. The van der Waals surface area contributed by atoms with Crippen molar-refractivity contribution >= 4 is 0 Å². The van der Waals surface area contributed by atoms with Gasteiger partial charge in [-0.25, -0.2) is 0 Å². The minimum absolute atomic E-state index is 0.224. The van der Waals surface area contributed by atoms with Crippen molar-refractivity contribution in [2.75, 3.05) is 6.61 Å². The predicted octanol–water partition coefficient (Wildman–Crippen LogP) is 3.13. The topological polar surface area (TPSA) is 22.1 Å². The molecule has 0 spiro atoms. The Bertz CT molecular complexity index is 398. The molecule has 16 heavy (non-hydrogen) atoms. The van der Waals surface area contributed by atoms with Crippen LogP contribution in [0, 0.1) is 11.8 Å². The van der Waals surface area contributed by atoms with E-state index in [1.807, 2.05) is 18.5 Å². The molecule has 1 aliphatic carbocycles. The highest BCUT2D eigenvalue weighted by Crippen LogP contribution is 2.43. The molecule has 1 saturated heterocycles. The lowest BCUT2D eigenvalue weighted by molar-refractivity contribution is -0.0514. The fraction of sp³-hybridized carbons (Fsp3) is 0.500. The largest absolute Gasteiger partial charge is 0.373 e. The molecule has 1 aromatic rings. The van der Waals surface area contributed by atoms with Gasteiger partial charge in [-0.15, -0.1) is 0 Å². The summed E-state index contributed by atoms with van der Waals surface area (Å²) in [5.74, 6) is 1.30. The fourth-order valence-electron chi connectivity index (χ4n) is 2.87. The van der Waals surface area contributed by atoms with Crippen LogP contribution >= 0.6 is 0 Å². The van der Waals surface area contributed by atoms with Crippen LogP contribution in [0.1, 0.15) is 31.4 Å². The van der Waals surface area contributed by atoms with E-state index in [4.69, 9.17) is 4.74 Å². The van der Waals surface area contributed by atoms with Gasteiger partial charge in [-0.2, -0.15) is 0 Å². The van der Waals surface area contributed by atoms with Crippen molar-refractivity contribution in [2.45, 2.75) is 25.9 Å². The normalized spacial score (nSPS) is 33.3. The Morgan fingerprint density at radius 1 is 1.44 bits per heavy atom. The van der Waals surface area contributed by atoms with Crippen molar-refractivity contribution in [3.8, 4) is 0 Å². The zero-order valence-electron chi connectivity index (χ0n) is 9.60. The van der Waals surface area contributed by atoms with Gasteiger partial charge in [0, 0.05) is 18.3 Å². The lowest BCUT2D eigenvalue weighted by atomic mass is 9.75. The molecule has 1 aromatic heterocycles. The summed E-state index contributed by atoms with van der Waals surface area (Å²) in [5, 5.41) is 0. The average molecular weight is 215 g/mol. The third-order valence-electron chi connectivity index (χ3n) is 3.84. The SMILES string of the molecule is CC1=CC[C@@H]2CO[C@H](c3cccnc3)[C@@H]1C2. The van der Waals surface area contributed by atoms with Gasteiger partial charge >= 0.3 is 0 Å². The zero-order chi connectivity index (χ0) is 11.0. The molecular formula is C14H17NO. The molecule has 2 nitrogen and oxygen atoms in total. The van der Waals surface area contributed by atoms with E-state index in [1.54, 1.807) is 0 Å². The smallest absolute Gasteiger partial charge is 0.0905 e. The van der Waals surface area contributed by atoms with Crippen molar-refractivity contribution in [3.05, 3.63) is 41.7 Å². The predicted molar refractivity (Wildman–Crippen MR) is 62.9 cm³/mol. The van der Waals surface area contributed by atoms with E-state index in [1.165, 1.54) is 24.0 Å². The summed E-state index contributed by atoms with van der Waals surface area (Å²) in [6, 6.07) is 4.12. The van der Waals surface area contributed by atoms with Crippen LogP contribution in [0.15, 0.2) is 36.2 Å². The molecule has 2 heterocycles. The highest BCUT2D eigenvalue weighted by Gasteiger charge is 2.35. The maximum Gasteiger partial charge on any atom is 0.0905 e. The van der Waals surface area contributed by atoms with Gasteiger partial charge in [0.2, 0.25) is 0 Å². The van der Waals surface area contributed by atoms with Crippen LogP contribution in [0.3, 0.4) is 0 Å². The van der Waals surface area contributed by atoms with Gasteiger partial charge < -0.3 is 4.74 Å². The summed E-state index contributed by atoms with van der Waals surface area (Å²) in [5.41, 5.74) is 2.71. The minimum atomic E-state index is 0.224. The molecular weight excluding hydrogens is 198 g/mol. The zero-order valence-corrected chi connectivity index (χ0v) is 9.60. The van der Waals surface area contributed by atoms with Gasteiger partial charge in [0.05, 0.1) is 12.7 Å². The first kappa shape index (κ1) is 10.0. The van der Waals surface area contributed by atoms with Crippen LogP contribution in [0.25, 0.3) is 0 Å². The fourth-order valence-corrected chi connectivity index (χ4v) is 2.87. The number of hydrogen-bond acceptors (Lipinski definition) is 2. The number of aromatic nitrogens is 1. The van der Waals surface area contributed by atoms with Crippen molar-refractivity contribution in [1.82, 2.24) is 4.98 Å². The van der Waals surface area contributed by atoms with Crippen LogP contribution in [-0.4, -0.2) is 11.6 Å². The van der Waals surface area contributed by atoms with Crippen LogP contribution in [0.5, 0.6) is 0 Å². The number of pyridine rings is 1. The molecule has 0 N–H and O–H groups in total. The van der Waals surface area contributed by atoms with E-state index in [-0.39, 0.29) is 6.10 Å². The number of nitrogens with zero attached hydrogens (tertiary/aromatic N) is 1. The second-order valence-electron chi connectivity index (χ2n) is 4.93. The van der Waals surface area contributed by atoms with E-state index in [9.17, 15) is 0 Å². The molecule has 2 aliphatic rings. The molecule has 2 bridgehead atoms. The van der Waals surface area contributed by atoms with Gasteiger partial charge in [0.1, 0.15) is 0 Å². The quantitative estimate of drug-likeness (QED) is 0.671. The van der Waals surface area contributed by atoms with Gasteiger partial charge in [-0.1, -0.05) is 17.7 Å². The monoisotopic (exact) mass is 215 g/mol. The number of allylic oxidation sites excluding steroid dienone is 1. The first-order valence-corrected chi connectivity index (χ1v) is 6.03. The molecule has 1 fully saturated rings. The van der Waals surface area contributed by atoms with Gasteiger partial charge in [-0.05, 0) is 37.3 Å². The number of hydrogen-bond donors (Lipinski definition) is 0. The van der Waals surface area contributed by atoms with Crippen LogP contribution in [-0.2, 0) is 4.74 Å². The Labute approximate surface area is 96.3 Å². The summed E-state index contributed by atoms with van der Waals surface area (Å²) >= 11 is 0. The maximum absolute atomic E-state index is 6.02. The summed E-state index contributed by atoms with van der Waals surface area (Å²) in [6.45, 7) is 3.14. The molecule has 0 aromatic carbocycles. The average Bonchev–Trinajstić information content (AvgIpc) is 2.36. The number of fused-ring (bicyclic) bond motifs is 2. The standard InChI is InChI=1S/C14H17NO/c1-10-4-5-11-7-13(10)14(16-9-11)12-3-2-6-15-8-12/h2-4,6,8,11,13-14H,5,7,9H2,1H3/t11-,13+,14+/m0/s1. The minimum Gasteiger partial charge on any atom is -0.373 e. The van der Waals surface area contributed by atoms with Crippen LogP contribution in [0.2, 0.25) is 0 Å². The van der Waals surface area contributed by atoms with E-state index in [0.29, 0.717) is 5.92 Å². The van der Waals surface area contributed by atoms with E-state index in [0.717, 1.165) is 12.5 Å². The molecule has 3 rings (SSSR count). The molecule has 1 aliphatic heterocycles. The highest BCUT2D eigenvalue weighted by atomic mass is 16.5. The summed E-state index contributed by atoms with van der Waals surface area (Å²) < 4.78 is 6.02. The lowest BCUT2D eigenvalue weighted by Crippen LogP contribution is -2.32. The second kappa shape index (κ2) is 4.02. The van der Waals surface area contributed by atoms with Gasteiger partial charge in [0.25, 0.3) is 0 Å². The first-order chi connectivity index (χ1) is 7.84. The summed E-state index contributed by atoms with van der Waals surface area (Å²) in [4.78, 5) is 4.19. The Balaban J connectivity index is 1.91. The lowest BCUT2D eigenvalue weighted by Gasteiger charge is -2.39. The van der Waals surface area contributed by atoms with E-state index in [2.05, 4.69) is 24.1 Å². The van der Waals surface area contributed by atoms with Crippen LogP contribution < -0.4 is 0 Å². The number of ether oxygens (including phenoxy) is 1. The van der Waals surface area contributed by atoms with Crippen molar-refractivity contribution in [2.24, 2.45) is 11.8 Å². The Morgan fingerprint density at radius 3 is 3.19 bits per heavy atom. The third-order valence-corrected chi connectivity index (χ3v) is 3.84. The molecule has 0 saturated carbocycles.